The summed E-state index contributed by atoms with van der Waals surface area (Å²) in [5.74, 6) is 1.13. The number of aliphatic hydroxyl groups is 1. The smallest absolute Gasteiger partial charge is 0.139 e. The van der Waals surface area contributed by atoms with Crippen LogP contribution < -0.4 is 0 Å². The number of carbonyl (C=O) groups excluding carboxylic acids is 1. The van der Waals surface area contributed by atoms with Gasteiger partial charge in [0, 0.05) is 18.4 Å². The Balaban J connectivity index is 2.28. The van der Waals surface area contributed by atoms with Crippen molar-refractivity contribution in [2.45, 2.75) is 39.0 Å². The minimum atomic E-state index is -0.190. The largest absolute Gasteiger partial charge is 0.396 e. The number of fused-ring (bicyclic) bond motifs is 1. The van der Waals surface area contributed by atoms with Crippen LogP contribution in [0.2, 0.25) is 0 Å². The lowest BCUT2D eigenvalue weighted by Crippen LogP contribution is -2.35. The average molecular weight is 208 g/mol. The van der Waals surface area contributed by atoms with Gasteiger partial charge in [0.2, 0.25) is 0 Å². The number of ketones is 1. The van der Waals surface area contributed by atoms with Gasteiger partial charge in [0.1, 0.15) is 5.78 Å². The summed E-state index contributed by atoms with van der Waals surface area (Å²) >= 11 is 0. The fourth-order valence-electron chi connectivity index (χ4n) is 3.29. The number of rotatable bonds is 1. The molecule has 1 fully saturated rings. The van der Waals surface area contributed by atoms with Crippen LogP contribution in [0.4, 0.5) is 0 Å². The van der Waals surface area contributed by atoms with Gasteiger partial charge in [-0.15, -0.1) is 0 Å². The standard InChI is InChI=1S/C13H20O2/c1-13-8-4-2-3-5-10(9-14)11(13)6-7-12(13)15/h2,4,10-11,14H,3,5-9H2,1H3/b4-2-/t10-,11-,13-/m1/s1. The summed E-state index contributed by atoms with van der Waals surface area (Å²) < 4.78 is 0. The Hall–Kier alpha value is -0.630. The second kappa shape index (κ2) is 4.09. The highest BCUT2D eigenvalue weighted by atomic mass is 16.3. The molecule has 0 bridgehead atoms. The molecular formula is C13H20O2. The molecule has 2 nitrogen and oxygen atoms in total. The van der Waals surface area contributed by atoms with Crippen LogP contribution in [0, 0.1) is 17.3 Å². The van der Waals surface area contributed by atoms with Gasteiger partial charge in [-0.3, -0.25) is 4.79 Å². The lowest BCUT2D eigenvalue weighted by molar-refractivity contribution is -0.127. The van der Waals surface area contributed by atoms with E-state index in [0.29, 0.717) is 24.0 Å². The average Bonchev–Trinajstić information content (AvgIpc) is 2.47. The topological polar surface area (TPSA) is 37.3 Å². The van der Waals surface area contributed by atoms with Gasteiger partial charge >= 0.3 is 0 Å². The fraction of sp³-hybridized carbons (Fsp3) is 0.769. The molecule has 15 heavy (non-hydrogen) atoms. The molecule has 84 valence electrons. The van der Waals surface area contributed by atoms with E-state index in [2.05, 4.69) is 19.1 Å². The number of hydrogen-bond acceptors (Lipinski definition) is 2. The van der Waals surface area contributed by atoms with Crippen LogP contribution in [0.25, 0.3) is 0 Å². The molecule has 2 heteroatoms. The number of aliphatic hydroxyl groups excluding tert-OH is 1. The van der Waals surface area contributed by atoms with Crippen LogP contribution in [0.1, 0.15) is 39.0 Å². The van der Waals surface area contributed by atoms with Crippen molar-refractivity contribution < 1.29 is 9.90 Å². The highest BCUT2D eigenvalue weighted by Crippen LogP contribution is 2.48. The first-order valence-electron chi connectivity index (χ1n) is 5.97. The Labute approximate surface area is 91.4 Å². The maximum atomic E-state index is 11.9. The minimum absolute atomic E-state index is 0.190. The molecule has 0 aromatic carbocycles. The quantitative estimate of drug-likeness (QED) is 0.671. The molecule has 2 aliphatic carbocycles. The number of allylic oxidation sites excluding steroid dienone is 2. The summed E-state index contributed by atoms with van der Waals surface area (Å²) in [6.07, 6.45) is 8.96. The van der Waals surface area contributed by atoms with E-state index in [1.54, 1.807) is 0 Å². The third-order valence-electron chi connectivity index (χ3n) is 4.35. The zero-order chi connectivity index (χ0) is 10.9. The molecule has 0 spiro atoms. The molecule has 0 unspecified atom stereocenters. The molecule has 0 aromatic rings. The second-order valence-electron chi connectivity index (χ2n) is 5.18. The van der Waals surface area contributed by atoms with Crippen LogP contribution in [0.3, 0.4) is 0 Å². The van der Waals surface area contributed by atoms with Crippen LogP contribution in [-0.2, 0) is 4.79 Å². The Bertz CT molecular complexity index is 282. The van der Waals surface area contributed by atoms with Crippen molar-refractivity contribution in [3.63, 3.8) is 0 Å². The molecule has 1 saturated carbocycles. The molecule has 0 radical (unpaired) electrons. The van der Waals surface area contributed by atoms with Crippen LogP contribution in [0.15, 0.2) is 12.2 Å². The van der Waals surface area contributed by atoms with Crippen molar-refractivity contribution in [3.8, 4) is 0 Å². The third kappa shape index (κ3) is 1.76. The van der Waals surface area contributed by atoms with Gasteiger partial charge in [0.05, 0.1) is 0 Å². The zero-order valence-electron chi connectivity index (χ0n) is 9.41. The van der Waals surface area contributed by atoms with E-state index < -0.39 is 0 Å². The fourth-order valence-corrected chi connectivity index (χ4v) is 3.29. The van der Waals surface area contributed by atoms with E-state index in [-0.39, 0.29) is 12.0 Å². The van der Waals surface area contributed by atoms with Crippen molar-refractivity contribution in [3.05, 3.63) is 12.2 Å². The number of carbonyl (C=O) groups is 1. The molecule has 3 atom stereocenters. The molecule has 0 saturated heterocycles. The van der Waals surface area contributed by atoms with Gasteiger partial charge in [-0.2, -0.15) is 0 Å². The molecule has 0 heterocycles. The maximum absolute atomic E-state index is 11.9. The van der Waals surface area contributed by atoms with Gasteiger partial charge in [-0.05, 0) is 37.5 Å². The van der Waals surface area contributed by atoms with Gasteiger partial charge in [0.15, 0.2) is 0 Å². The maximum Gasteiger partial charge on any atom is 0.139 e. The predicted octanol–water partition coefficient (Wildman–Crippen LogP) is 2.32. The first-order valence-corrected chi connectivity index (χ1v) is 5.97. The first-order chi connectivity index (χ1) is 7.18. The Morgan fingerprint density at radius 2 is 2.27 bits per heavy atom. The summed E-state index contributed by atoms with van der Waals surface area (Å²) in [6, 6.07) is 0. The van der Waals surface area contributed by atoms with Crippen molar-refractivity contribution in [1.29, 1.82) is 0 Å². The summed E-state index contributed by atoms with van der Waals surface area (Å²) in [7, 11) is 0. The molecule has 2 rings (SSSR count). The van der Waals surface area contributed by atoms with Crippen molar-refractivity contribution in [1.82, 2.24) is 0 Å². The van der Waals surface area contributed by atoms with Gasteiger partial charge in [-0.25, -0.2) is 0 Å². The molecule has 1 N–H and O–H groups in total. The van der Waals surface area contributed by atoms with Crippen molar-refractivity contribution >= 4 is 5.78 Å². The number of hydrogen-bond donors (Lipinski definition) is 1. The SMILES string of the molecule is C[C@@]12C/C=C\CC[C@H](CO)[C@H]1CCC2=O. The van der Waals surface area contributed by atoms with E-state index in [1.165, 1.54) is 0 Å². The van der Waals surface area contributed by atoms with Crippen molar-refractivity contribution in [2.75, 3.05) is 6.61 Å². The lowest BCUT2D eigenvalue weighted by Gasteiger charge is -2.35. The highest BCUT2D eigenvalue weighted by molar-refractivity contribution is 5.87. The Morgan fingerprint density at radius 1 is 1.47 bits per heavy atom. The Morgan fingerprint density at radius 3 is 3.00 bits per heavy atom. The van der Waals surface area contributed by atoms with Gasteiger partial charge in [0.25, 0.3) is 0 Å². The van der Waals surface area contributed by atoms with E-state index in [9.17, 15) is 9.90 Å². The normalized spacial score (nSPS) is 43.2. The van der Waals surface area contributed by atoms with Crippen LogP contribution in [0.5, 0.6) is 0 Å². The molecule has 0 aromatic heterocycles. The molecule has 0 amide bonds. The third-order valence-corrected chi connectivity index (χ3v) is 4.35. The van der Waals surface area contributed by atoms with E-state index >= 15 is 0 Å². The second-order valence-corrected chi connectivity index (χ2v) is 5.18. The van der Waals surface area contributed by atoms with Gasteiger partial charge < -0.3 is 5.11 Å². The van der Waals surface area contributed by atoms with E-state index in [0.717, 1.165) is 25.7 Å². The first kappa shape index (κ1) is 10.9. The van der Waals surface area contributed by atoms with Crippen LogP contribution in [-0.4, -0.2) is 17.5 Å². The predicted molar refractivity (Wildman–Crippen MR) is 59.4 cm³/mol. The lowest BCUT2D eigenvalue weighted by atomic mass is 9.68. The number of Topliss-reactive ketones (excluding diaryl/α,β-unsaturated/α-hetero) is 1. The summed E-state index contributed by atoms with van der Waals surface area (Å²) in [5, 5.41) is 9.42. The van der Waals surface area contributed by atoms with Gasteiger partial charge in [-0.1, -0.05) is 19.1 Å². The summed E-state index contributed by atoms with van der Waals surface area (Å²) in [5.41, 5.74) is -0.190. The molecule has 2 aliphatic rings. The van der Waals surface area contributed by atoms with E-state index in [4.69, 9.17) is 0 Å². The van der Waals surface area contributed by atoms with Crippen LogP contribution >= 0.6 is 0 Å². The Kier molecular flexibility index (Phi) is 2.96. The van der Waals surface area contributed by atoms with Crippen molar-refractivity contribution in [2.24, 2.45) is 17.3 Å². The minimum Gasteiger partial charge on any atom is -0.396 e. The zero-order valence-corrected chi connectivity index (χ0v) is 9.41. The molecule has 0 aliphatic heterocycles. The summed E-state index contributed by atoms with van der Waals surface area (Å²) in [4.78, 5) is 11.9. The molecular weight excluding hydrogens is 188 g/mol. The summed E-state index contributed by atoms with van der Waals surface area (Å²) in [6.45, 7) is 2.33. The van der Waals surface area contributed by atoms with E-state index in [1.807, 2.05) is 0 Å². The monoisotopic (exact) mass is 208 g/mol. The highest BCUT2D eigenvalue weighted by Gasteiger charge is 2.48.